The molecule has 1 aliphatic heterocycles. The average Bonchev–Trinajstić information content (AvgIpc) is 2.88. The van der Waals surface area contributed by atoms with E-state index in [9.17, 15) is 23.1 Å². The normalized spacial score (nSPS) is 19.4. The first-order chi connectivity index (χ1) is 9.82. The van der Waals surface area contributed by atoms with Crippen molar-refractivity contribution in [1.29, 1.82) is 0 Å². The van der Waals surface area contributed by atoms with Crippen LogP contribution in [0.1, 0.15) is 6.92 Å². The van der Waals surface area contributed by atoms with Gasteiger partial charge in [0.1, 0.15) is 5.37 Å². The molecule has 2 rings (SSSR count). The molecule has 1 heterocycles. The van der Waals surface area contributed by atoms with Gasteiger partial charge in [0.2, 0.25) is 15.9 Å². The van der Waals surface area contributed by atoms with Crippen LogP contribution in [0.5, 0.6) is 0 Å². The standard InChI is InChI=1S/C12H14N2O5S2/c1-8(15)13-9-2-4-10(5-3-9)21(18,19)14-6-7-20-11(14)12(16)17/h2-5,11H,6-7H2,1H3,(H,13,15)(H,16,17)/p-1/t11-/m1/s1. The van der Waals surface area contributed by atoms with Gasteiger partial charge in [0.25, 0.3) is 0 Å². The number of hydrogen-bond acceptors (Lipinski definition) is 6. The number of amides is 1. The summed E-state index contributed by atoms with van der Waals surface area (Å²) < 4.78 is 25.8. The molecule has 0 saturated carbocycles. The molecule has 1 aliphatic rings. The van der Waals surface area contributed by atoms with Gasteiger partial charge >= 0.3 is 0 Å². The van der Waals surface area contributed by atoms with Crippen LogP contribution in [-0.2, 0) is 19.6 Å². The van der Waals surface area contributed by atoms with E-state index >= 15 is 0 Å². The third kappa shape index (κ3) is 3.36. The van der Waals surface area contributed by atoms with Crippen LogP contribution < -0.4 is 10.4 Å². The van der Waals surface area contributed by atoms with Gasteiger partial charge in [-0.1, -0.05) is 0 Å². The van der Waals surface area contributed by atoms with Gasteiger partial charge in [0.05, 0.1) is 10.9 Å². The van der Waals surface area contributed by atoms with Crippen molar-refractivity contribution in [1.82, 2.24) is 4.31 Å². The van der Waals surface area contributed by atoms with Crippen LogP contribution in [0.4, 0.5) is 5.69 Å². The van der Waals surface area contributed by atoms with Crippen molar-refractivity contribution in [2.45, 2.75) is 17.2 Å². The van der Waals surface area contributed by atoms with Crippen LogP contribution in [0, 0.1) is 0 Å². The minimum atomic E-state index is -3.90. The van der Waals surface area contributed by atoms with Crippen molar-refractivity contribution < 1.29 is 23.1 Å². The Hall–Kier alpha value is -1.58. The van der Waals surface area contributed by atoms with Crippen LogP contribution >= 0.6 is 11.8 Å². The highest BCUT2D eigenvalue weighted by molar-refractivity contribution is 8.02. The predicted molar refractivity (Wildman–Crippen MR) is 75.9 cm³/mol. The molecule has 0 aliphatic carbocycles. The number of carboxylic acids is 1. The van der Waals surface area contributed by atoms with E-state index in [1.54, 1.807) is 0 Å². The van der Waals surface area contributed by atoms with Crippen LogP contribution in [0.15, 0.2) is 29.2 Å². The SMILES string of the molecule is CC(=O)Nc1ccc(S(=O)(=O)N2CCS[C@@H]2C(=O)[O-])cc1. The summed E-state index contributed by atoms with van der Waals surface area (Å²) in [6.07, 6.45) is 0. The molecule has 1 aromatic rings. The summed E-state index contributed by atoms with van der Waals surface area (Å²) in [6, 6.07) is 5.56. The Labute approximate surface area is 126 Å². The molecule has 0 aromatic heterocycles. The van der Waals surface area contributed by atoms with Crippen molar-refractivity contribution >= 4 is 39.3 Å². The van der Waals surface area contributed by atoms with E-state index in [1.807, 2.05) is 0 Å². The van der Waals surface area contributed by atoms with Gasteiger partial charge in [-0.3, -0.25) is 4.79 Å². The summed E-state index contributed by atoms with van der Waals surface area (Å²) in [5, 5.41) is 12.3. The van der Waals surface area contributed by atoms with Crippen molar-refractivity contribution in [3.63, 3.8) is 0 Å². The molecule has 1 saturated heterocycles. The zero-order valence-electron chi connectivity index (χ0n) is 11.1. The summed E-state index contributed by atoms with van der Waals surface area (Å²) in [6.45, 7) is 1.47. The molecule has 1 amide bonds. The summed E-state index contributed by atoms with van der Waals surface area (Å²) in [4.78, 5) is 21.9. The molecule has 1 fully saturated rings. The smallest absolute Gasteiger partial charge is 0.244 e. The van der Waals surface area contributed by atoms with Gasteiger partial charge in [-0.2, -0.15) is 4.31 Å². The molecule has 21 heavy (non-hydrogen) atoms. The van der Waals surface area contributed by atoms with Crippen molar-refractivity contribution in [3.8, 4) is 0 Å². The predicted octanol–water partition coefficient (Wildman–Crippen LogP) is -0.541. The number of hydrogen-bond donors (Lipinski definition) is 1. The van der Waals surface area contributed by atoms with Gasteiger partial charge in [-0.25, -0.2) is 8.42 Å². The number of sulfonamides is 1. The number of aliphatic carboxylic acids is 1. The zero-order chi connectivity index (χ0) is 15.6. The molecular formula is C12H13N2O5S2-. The fourth-order valence-electron chi connectivity index (χ4n) is 1.94. The Morgan fingerprint density at radius 3 is 2.48 bits per heavy atom. The zero-order valence-corrected chi connectivity index (χ0v) is 12.7. The second kappa shape index (κ2) is 6.04. The molecular weight excluding hydrogens is 316 g/mol. The van der Waals surface area contributed by atoms with E-state index in [0.717, 1.165) is 16.1 Å². The maximum Gasteiger partial charge on any atom is 0.244 e. The van der Waals surface area contributed by atoms with E-state index in [1.165, 1.54) is 31.2 Å². The summed E-state index contributed by atoms with van der Waals surface area (Å²) in [5.74, 6) is -1.28. The van der Waals surface area contributed by atoms with Crippen molar-refractivity contribution in [2.24, 2.45) is 0 Å². The fraction of sp³-hybridized carbons (Fsp3) is 0.333. The Morgan fingerprint density at radius 2 is 1.95 bits per heavy atom. The minimum absolute atomic E-state index is 0.0228. The highest BCUT2D eigenvalue weighted by atomic mass is 32.2. The van der Waals surface area contributed by atoms with Crippen LogP contribution in [-0.4, -0.2) is 42.3 Å². The minimum Gasteiger partial charge on any atom is -0.547 e. The van der Waals surface area contributed by atoms with Gasteiger partial charge in [-0.05, 0) is 24.3 Å². The molecule has 9 heteroatoms. The van der Waals surface area contributed by atoms with Gasteiger partial charge in [0, 0.05) is 24.9 Å². The van der Waals surface area contributed by atoms with Crippen LogP contribution in [0.25, 0.3) is 0 Å². The molecule has 114 valence electrons. The first kappa shape index (κ1) is 15.8. The fourth-order valence-corrected chi connectivity index (χ4v) is 4.93. The first-order valence-corrected chi connectivity index (χ1v) is 8.53. The lowest BCUT2D eigenvalue weighted by atomic mass is 10.3. The lowest BCUT2D eigenvalue weighted by molar-refractivity contribution is -0.306. The highest BCUT2D eigenvalue weighted by Crippen LogP contribution is 2.30. The van der Waals surface area contributed by atoms with Crippen LogP contribution in [0.2, 0.25) is 0 Å². The topological polar surface area (TPSA) is 107 Å². The largest absolute Gasteiger partial charge is 0.547 e. The molecule has 1 aromatic carbocycles. The van der Waals surface area contributed by atoms with E-state index in [-0.39, 0.29) is 17.3 Å². The molecule has 0 radical (unpaired) electrons. The van der Waals surface area contributed by atoms with E-state index in [0.29, 0.717) is 11.4 Å². The number of nitrogens with zero attached hydrogens (tertiary/aromatic N) is 1. The molecule has 0 bridgehead atoms. The Kier molecular flexibility index (Phi) is 4.55. The number of nitrogens with one attached hydrogen (secondary N) is 1. The van der Waals surface area contributed by atoms with Gasteiger partial charge < -0.3 is 15.2 Å². The monoisotopic (exact) mass is 329 g/mol. The second-order valence-corrected chi connectivity index (χ2v) is 7.44. The van der Waals surface area contributed by atoms with E-state index < -0.39 is 21.4 Å². The number of carbonyl (C=O) groups excluding carboxylic acids is 2. The summed E-state index contributed by atoms with van der Waals surface area (Å²) >= 11 is 1.02. The maximum atomic E-state index is 12.4. The number of carboxylic acid groups (broad SMARTS) is 1. The summed E-state index contributed by atoms with van der Waals surface area (Å²) in [7, 11) is -3.90. The van der Waals surface area contributed by atoms with E-state index in [2.05, 4.69) is 5.32 Å². The molecule has 0 spiro atoms. The van der Waals surface area contributed by atoms with Crippen LogP contribution in [0.3, 0.4) is 0 Å². The molecule has 7 nitrogen and oxygen atoms in total. The second-order valence-electron chi connectivity index (χ2n) is 4.36. The molecule has 0 unspecified atom stereocenters. The van der Waals surface area contributed by atoms with Crippen molar-refractivity contribution in [3.05, 3.63) is 24.3 Å². The number of benzene rings is 1. The molecule has 1 N–H and O–H groups in total. The Balaban J connectivity index is 2.27. The molecule has 1 atom stereocenters. The number of rotatable bonds is 4. The third-order valence-corrected chi connectivity index (χ3v) is 6.02. The van der Waals surface area contributed by atoms with Gasteiger partial charge in [0.15, 0.2) is 0 Å². The number of anilines is 1. The third-order valence-electron chi connectivity index (χ3n) is 2.83. The quantitative estimate of drug-likeness (QED) is 0.795. The number of carbonyl (C=O) groups is 2. The average molecular weight is 329 g/mol. The summed E-state index contributed by atoms with van der Waals surface area (Å²) in [5.41, 5.74) is 0.466. The number of thioether (sulfide) groups is 1. The Bertz CT molecular complexity index is 657. The maximum absolute atomic E-state index is 12.4. The van der Waals surface area contributed by atoms with E-state index in [4.69, 9.17) is 0 Å². The van der Waals surface area contributed by atoms with Gasteiger partial charge in [-0.15, -0.1) is 11.8 Å². The highest BCUT2D eigenvalue weighted by Gasteiger charge is 2.36. The lowest BCUT2D eigenvalue weighted by Crippen LogP contribution is -2.45. The first-order valence-electron chi connectivity index (χ1n) is 6.04. The van der Waals surface area contributed by atoms with Crippen molar-refractivity contribution in [2.75, 3.05) is 17.6 Å². The Morgan fingerprint density at radius 1 is 1.33 bits per heavy atom. The lowest BCUT2D eigenvalue weighted by Gasteiger charge is -2.23.